The number of para-hydroxylation sites is 1. The monoisotopic (exact) mass is 414 g/mol. The van der Waals surface area contributed by atoms with Gasteiger partial charge in [-0.3, -0.25) is 9.59 Å². The van der Waals surface area contributed by atoms with Gasteiger partial charge < -0.3 is 24.4 Å². The van der Waals surface area contributed by atoms with Crippen LogP contribution in [0.15, 0.2) is 42.5 Å². The zero-order valence-corrected chi connectivity index (χ0v) is 17.6. The minimum absolute atomic E-state index is 0.118. The SMILES string of the molecule is CCN(CC)C(=O)c1cccc(NC(=O)COC(=O)c2cccc(OC)c2OC)c1. The fourth-order valence-electron chi connectivity index (χ4n) is 2.88. The number of hydrogen-bond acceptors (Lipinski definition) is 6. The van der Waals surface area contributed by atoms with Crippen molar-refractivity contribution in [1.82, 2.24) is 4.90 Å². The Morgan fingerprint density at radius 2 is 1.67 bits per heavy atom. The average molecular weight is 414 g/mol. The molecule has 0 aliphatic carbocycles. The molecule has 0 atom stereocenters. The maximum absolute atomic E-state index is 12.5. The predicted octanol–water partition coefficient (Wildman–Crippen LogP) is 2.98. The highest BCUT2D eigenvalue weighted by atomic mass is 16.5. The van der Waals surface area contributed by atoms with E-state index in [0.29, 0.717) is 30.1 Å². The molecule has 8 heteroatoms. The number of methoxy groups -OCH3 is 2. The van der Waals surface area contributed by atoms with E-state index in [1.165, 1.54) is 20.3 Å². The van der Waals surface area contributed by atoms with Gasteiger partial charge >= 0.3 is 5.97 Å². The molecule has 0 aliphatic heterocycles. The smallest absolute Gasteiger partial charge is 0.342 e. The Bertz CT molecular complexity index is 908. The second-order valence-electron chi connectivity index (χ2n) is 6.22. The van der Waals surface area contributed by atoms with Crippen LogP contribution >= 0.6 is 0 Å². The van der Waals surface area contributed by atoms with Gasteiger partial charge in [0.1, 0.15) is 5.56 Å². The van der Waals surface area contributed by atoms with E-state index in [2.05, 4.69) is 5.32 Å². The van der Waals surface area contributed by atoms with Gasteiger partial charge in [-0.2, -0.15) is 0 Å². The number of esters is 1. The summed E-state index contributed by atoms with van der Waals surface area (Å²) >= 11 is 0. The summed E-state index contributed by atoms with van der Waals surface area (Å²) in [5.74, 6) is -0.754. The van der Waals surface area contributed by atoms with Crippen LogP contribution in [0.1, 0.15) is 34.6 Å². The Labute approximate surface area is 175 Å². The first kappa shape index (κ1) is 22.7. The molecule has 30 heavy (non-hydrogen) atoms. The van der Waals surface area contributed by atoms with Crippen LogP contribution in [-0.2, 0) is 9.53 Å². The molecule has 160 valence electrons. The summed E-state index contributed by atoms with van der Waals surface area (Å²) in [6, 6.07) is 11.4. The third kappa shape index (κ3) is 5.50. The minimum Gasteiger partial charge on any atom is -0.493 e. The summed E-state index contributed by atoms with van der Waals surface area (Å²) in [6.45, 7) is 4.50. The van der Waals surface area contributed by atoms with Gasteiger partial charge in [0.2, 0.25) is 0 Å². The number of hydrogen-bond donors (Lipinski definition) is 1. The molecule has 0 saturated heterocycles. The molecule has 0 aromatic heterocycles. The van der Waals surface area contributed by atoms with Gasteiger partial charge in [-0.05, 0) is 44.2 Å². The van der Waals surface area contributed by atoms with Crippen molar-refractivity contribution in [3.05, 3.63) is 53.6 Å². The number of nitrogens with one attached hydrogen (secondary N) is 1. The van der Waals surface area contributed by atoms with Crippen molar-refractivity contribution in [2.45, 2.75) is 13.8 Å². The normalized spacial score (nSPS) is 10.1. The average Bonchev–Trinajstić information content (AvgIpc) is 2.77. The third-order valence-corrected chi connectivity index (χ3v) is 4.40. The summed E-state index contributed by atoms with van der Waals surface area (Å²) in [6.07, 6.45) is 0. The van der Waals surface area contributed by atoms with Gasteiger partial charge in [-0.15, -0.1) is 0 Å². The number of rotatable bonds is 9. The molecule has 2 aromatic carbocycles. The van der Waals surface area contributed by atoms with E-state index in [1.807, 2.05) is 13.8 Å². The fourth-order valence-corrected chi connectivity index (χ4v) is 2.88. The topological polar surface area (TPSA) is 94.2 Å². The highest BCUT2D eigenvalue weighted by Gasteiger charge is 2.19. The molecule has 0 heterocycles. The zero-order chi connectivity index (χ0) is 22.1. The number of amides is 2. The molecule has 0 fully saturated rings. The Morgan fingerprint density at radius 3 is 2.30 bits per heavy atom. The molecule has 0 radical (unpaired) electrons. The zero-order valence-electron chi connectivity index (χ0n) is 17.6. The highest BCUT2D eigenvalue weighted by molar-refractivity contribution is 5.99. The molecular weight excluding hydrogens is 388 g/mol. The van der Waals surface area contributed by atoms with Gasteiger partial charge in [0.05, 0.1) is 14.2 Å². The van der Waals surface area contributed by atoms with Crippen molar-refractivity contribution in [2.24, 2.45) is 0 Å². The van der Waals surface area contributed by atoms with Crippen LogP contribution in [-0.4, -0.2) is 56.6 Å². The molecule has 0 unspecified atom stereocenters. The number of carbonyl (C=O) groups is 3. The maximum atomic E-state index is 12.5. The first-order chi connectivity index (χ1) is 14.4. The Kier molecular flexibility index (Phi) is 8.22. The molecule has 0 aliphatic rings. The van der Waals surface area contributed by atoms with Gasteiger partial charge in [0, 0.05) is 24.3 Å². The number of benzene rings is 2. The molecule has 2 amide bonds. The summed E-state index contributed by atoms with van der Waals surface area (Å²) in [7, 11) is 2.87. The Balaban J connectivity index is 2.01. The van der Waals surface area contributed by atoms with E-state index < -0.39 is 18.5 Å². The molecule has 0 bridgehead atoms. The number of anilines is 1. The minimum atomic E-state index is -0.716. The van der Waals surface area contributed by atoms with Crippen molar-refractivity contribution in [2.75, 3.05) is 39.2 Å². The first-order valence-corrected chi connectivity index (χ1v) is 9.52. The van der Waals surface area contributed by atoms with Crippen molar-refractivity contribution < 1.29 is 28.6 Å². The van der Waals surface area contributed by atoms with Crippen LogP contribution in [0.4, 0.5) is 5.69 Å². The summed E-state index contributed by atoms with van der Waals surface area (Å²) < 4.78 is 15.4. The number of ether oxygens (including phenoxy) is 3. The summed E-state index contributed by atoms with van der Waals surface area (Å²) in [5.41, 5.74) is 1.05. The van der Waals surface area contributed by atoms with Crippen molar-refractivity contribution in [3.63, 3.8) is 0 Å². The molecule has 2 aromatic rings. The molecule has 2 rings (SSSR count). The van der Waals surface area contributed by atoms with Gasteiger partial charge in [0.15, 0.2) is 18.1 Å². The van der Waals surface area contributed by atoms with E-state index in [0.717, 1.165) is 0 Å². The lowest BCUT2D eigenvalue weighted by Gasteiger charge is -2.19. The quantitative estimate of drug-likeness (QED) is 0.634. The predicted molar refractivity (Wildman–Crippen MR) is 112 cm³/mol. The maximum Gasteiger partial charge on any atom is 0.342 e. The lowest BCUT2D eigenvalue weighted by Crippen LogP contribution is -2.30. The van der Waals surface area contributed by atoms with E-state index in [4.69, 9.17) is 14.2 Å². The van der Waals surface area contributed by atoms with E-state index in [1.54, 1.807) is 41.3 Å². The van der Waals surface area contributed by atoms with E-state index >= 15 is 0 Å². The summed E-state index contributed by atoms with van der Waals surface area (Å²) in [4.78, 5) is 38.7. The second kappa shape index (κ2) is 10.8. The van der Waals surface area contributed by atoms with Crippen LogP contribution < -0.4 is 14.8 Å². The lowest BCUT2D eigenvalue weighted by atomic mass is 10.1. The third-order valence-electron chi connectivity index (χ3n) is 4.40. The molecule has 1 N–H and O–H groups in total. The molecular formula is C22H26N2O6. The van der Waals surface area contributed by atoms with E-state index in [-0.39, 0.29) is 17.2 Å². The largest absolute Gasteiger partial charge is 0.493 e. The summed E-state index contributed by atoms with van der Waals surface area (Å²) in [5, 5.41) is 2.63. The molecule has 8 nitrogen and oxygen atoms in total. The number of nitrogens with zero attached hydrogens (tertiary/aromatic N) is 1. The molecule has 0 spiro atoms. The molecule has 0 saturated carbocycles. The lowest BCUT2D eigenvalue weighted by molar-refractivity contribution is -0.119. The van der Waals surface area contributed by atoms with Crippen molar-refractivity contribution >= 4 is 23.5 Å². The highest BCUT2D eigenvalue weighted by Crippen LogP contribution is 2.31. The standard InChI is InChI=1S/C22H26N2O6/c1-5-24(6-2)21(26)15-9-7-10-16(13-15)23-19(25)14-30-22(27)17-11-8-12-18(28-3)20(17)29-4/h7-13H,5-6,14H2,1-4H3,(H,23,25). The van der Waals surface area contributed by atoms with Gasteiger partial charge in [0.25, 0.3) is 11.8 Å². The van der Waals surface area contributed by atoms with Crippen LogP contribution in [0, 0.1) is 0 Å². The first-order valence-electron chi connectivity index (χ1n) is 9.52. The fraction of sp³-hybridized carbons (Fsp3) is 0.318. The van der Waals surface area contributed by atoms with Crippen LogP contribution in [0.25, 0.3) is 0 Å². The second-order valence-corrected chi connectivity index (χ2v) is 6.22. The van der Waals surface area contributed by atoms with Gasteiger partial charge in [-0.25, -0.2) is 4.79 Å². The van der Waals surface area contributed by atoms with Crippen LogP contribution in [0.5, 0.6) is 11.5 Å². The Hall–Kier alpha value is -3.55. The Morgan fingerprint density at radius 1 is 0.967 bits per heavy atom. The van der Waals surface area contributed by atoms with Crippen LogP contribution in [0.2, 0.25) is 0 Å². The van der Waals surface area contributed by atoms with Crippen LogP contribution in [0.3, 0.4) is 0 Å². The van der Waals surface area contributed by atoms with Gasteiger partial charge in [-0.1, -0.05) is 12.1 Å². The number of carbonyl (C=O) groups excluding carboxylic acids is 3. The van der Waals surface area contributed by atoms with E-state index in [9.17, 15) is 14.4 Å². The van der Waals surface area contributed by atoms with Crippen molar-refractivity contribution in [3.8, 4) is 11.5 Å². The van der Waals surface area contributed by atoms with Crippen molar-refractivity contribution in [1.29, 1.82) is 0 Å².